The normalized spacial score (nSPS) is 13.4. The Hall–Kier alpha value is -3.42. The summed E-state index contributed by atoms with van der Waals surface area (Å²) in [6.07, 6.45) is -0.0183. The average Bonchev–Trinajstić information content (AvgIpc) is 2.69. The number of carbonyl (C=O) groups excluding carboxylic acids is 3. The SMILES string of the molecule is CC(C)C(NC(=O)CNC(=O)C(N)CCCN=C(N)N)C(=O)NC(CCC(=O)O)C(=O)O. The largest absolute Gasteiger partial charge is 0.481 e. The molecule has 0 saturated heterocycles. The molecule has 0 aromatic heterocycles. The molecule has 0 spiro atoms. The minimum atomic E-state index is -1.42. The van der Waals surface area contributed by atoms with Gasteiger partial charge in [0.25, 0.3) is 0 Å². The first-order chi connectivity index (χ1) is 14.8. The van der Waals surface area contributed by atoms with Gasteiger partial charge in [-0.2, -0.15) is 0 Å². The van der Waals surface area contributed by atoms with Crippen LogP contribution in [0.1, 0.15) is 39.5 Å². The van der Waals surface area contributed by atoms with E-state index in [-0.39, 0.29) is 18.8 Å². The highest BCUT2D eigenvalue weighted by Gasteiger charge is 2.29. The number of guanidine groups is 1. The Bertz CT molecular complexity index is 708. The minimum absolute atomic E-state index is 0.0694. The second-order valence-electron chi connectivity index (χ2n) is 7.39. The molecule has 0 aromatic rings. The highest BCUT2D eigenvalue weighted by atomic mass is 16.4. The molecule has 0 rings (SSSR count). The van der Waals surface area contributed by atoms with Crippen molar-refractivity contribution in [1.82, 2.24) is 16.0 Å². The molecule has 0 radical (unpaired) electrons. The van der Waals surface area contributed by atoms with Crippen LogP contribution in [0.3, 0.4) is 0 Å². The lowest BCUT2D eigenvalue weighted by Crippen LogP contribution is -2.55. The van der Waals surface area contributed by atoms with Crippen LogP contribution < -0.4 is 33.2 Å². The number of carbonyl (C=O) groups is 5. The molecule has 32 heavy (non-hydrogen) atoms. The maximum absolute atomic E-state index is 12.4. The van der Waals surface area contributed by atoms with Gasteiger partial charge in [0.2, 0.25) is 17.7 Å². The summed E-state index contributed by atoms with van der Waals surface area (Å²) in [7, 11) is 0. The van der Waals surface area contributed by atoms with Crippen LogP contribution in [0, 0.1) is 5.92 Å². The summed E-state index contributed by atoms with van der Waals surface area (Å²) in [5, 5.41) is 24.9. The van der Waals surface area contributed by atoms with Gasteiger partial charge in [-0.3, -0.25) is 24.2 Å². The van der Waals surface area contributed by atoms with Gasteiger partial charge in [-0.05, 0) is 25.2 Å². The van der Waals surface area contributed by atoms with Gasteiger partial charge in [0, 0.05) is 13.0 Å². The van der Waals surface area contributed by atoms with E-state index in [1.807, 2.05) is 0 Å². The highest BCUT2D eigenvalue weighted by molar-refractivity contribution is 5.92. The average molecular weight is 460 g/mol. The molecule has 0 bridgehead atoms. The van der Waals surface area contributed by atoms with Crippen molar-refractivity contribution in [2.45, 2.75) is 57.7 Å². The highest BCUT2D eigenvalue weighted by Crippen LogP contribution is 2.05. The standard InChI is InChI=1S/C18H33N7O7/c1-9(2)14(16(30)24-11(17(31)32)5-6-13(27)28)25-12(26)8-23-15(29)10(19)4-3-7-22-18(20)21/h9-11,14H,3-8,19H2,1-2H3,(H,23,29)(H,24,30)(H,25,26)(H,27,28)(H,31,32)(H4,20,21,22). The molecule has 0 aliphatic heterocycles. The van der Waals surface area contributed by atoms with Gasteiger partial charge < -0.3 is 43.4 Å². The lowest BCUT2D eigenvalue weighted by atomic mass is 10.0. The van der Waals surface area contributed by atoms with Gasteiger partial charge in [-0.1, -0.05) is 13.8 Å². The van der Waals surface area contributed by atoms with Crippen molar-refractivity contribution in [2.24, 2.45) is 28.1 Å². The molecule has 3 amide bonds. The van der Waals surface area contributed by atoms with E-state index in [1.165, 1.54) is 0 Å². The van der Waals surface area contributed by atoms with E-state index in [9.17, 15) is 24.0 Å². The Kier molecular flexibility index (Phi) is 13.0. The summed E-state index contributed by atoms with van der Waals surface area (Å²) in [6.45, 7) is 3.11. The molecule has 0 aromatic carbocycles. The van der Waals surface area contributed by atoms with E-state index >= 15 is 0 Å². The van der Waals surface area contributed by atoms with Crippen LogP contribution in [0.5, 0.6) is 0 Å². The zero-order chi connectivity index (χ0) is 24.8. The number of hydrogen-bond donors (Lipinski definition) is 8. The van der Waals surface area contributed by atoms with Gasteiger partial charge in [0.05, 0.1) is 12.6 Å². The summed E-state index contributed by atoms with van der Waals surface area (Å²) in [5.74, 6) is -5.12. The number of carboxylic acids is 2. The number of carboxylic acid groups (broad SMARTS) is 2. The molecule has 0 heterocycles. The van der Waals surface area contributed by atoms with Crippen molar-refractivity contribution >= 4 is 35.6 Å². The Labute approximate surface area is 185 Å². The number of nitrogens with two attached hydrogens (primary N) is 3. The van der Waals surface area contributed by atoms with Crippen molar-refractivity contribution in [3.8, 4) is 0 Å². The van der Waals surface area contributed by atoms with E-state index in [2.05, 4.69) is 20.9 Å². The molecular weight excluding hydrogens is 426 g/mol. The molecular formula is C18H33N7O7. The first kappa shape index (κ1) is 28.6. The van der Waals surface area contributed by atoms with Crippen LogP contribution in [0.15, 0.2) is 4.99 Å². The summed E-state index contributed by atoms with van der Waals surface area (Å²) in [4.78, 5) is 62.3. The predicted molar refractivity (Wildman–Crippen MR) is 114 cm³/mol. The van der Waals surface area contributed by atoms with Gasteiger partial charge in [-0.25, -0.2) is 4.79 Å². The molecule has 182 valence electrons. The smallest absolute Gasteiger partial charge is 0.326 e. The van der Waals surface area contributed by atoms with Crippen LogP contribution in [-0.4, -0.2) is 77.0 Å². The van der Waals surface area contributed by atoms with E-state index in [0.717, 1.165) is 0 Å². The van der Waals surface area contributed by atoms with Crippen molar-refractivity contribution in [1.29, 1.82) is 0 Å². The van der Waals surface area contributed by atoms with Crippen LogP contribution in [-0.2, 0) is 24.0 Å². The van der Waals surface area contributed by atoms with Gasteiger partial charge >= 0.3 is 11.9 Å². The number of hydrogen-bond acceptors (Lipinski definition) is 7. The summed E-state index contributed by atoms with van der Waals surface area (Å²) >= 11 is 0. The van der Waals surface area contributed by atoms with Gasteiger partial charge in [-0.15, -0.1) is 0 Å². The van der Waals surface area contributed by atoms with Crippen LogP contribution >= 0.6 is 0 Å². The van der Waals surface area contributed by atoms with Crippen LogP contribution in [0.25, 0.3) is 0 Å². The second kappa shape index (κ2) is 14.6. The Morgan fingerprint density at radius 1 is 0.969 bits per heavy atom. The zero-order valence-electron chi connectivity index (χ0n) is 18.2. The van der Waals surface area contributed by atoms with Crippen LogP contribution in [0.2, 0.25) is 0 Å². The lowest BCUT2D eigenvalue weighted by Gasteiger charge is -2.24. The topological polar surface area (TPSA) is 252 Å². The second-order valence-corrected chi connectivity index (χ2v) is 7.39. The van der Waals surface area contributed by atoms with Crippen LogP contribution in [0.4, 0.5) is 0 Å². The molecule has 0 saturated carbocycles. The Morgan fingerprint density at radius 3 is 2.09 bits per heavy atom. The summed E-state index contributed by atoms with van der Waals surface area (Å²) in [6, 6.07) is -3.40. The number of nitrogens with one attached hydrogen (secondary N) is 3. The summed E-state index contributed by atoms with van der Waals surface area (Å²) in [5.41, 5.74) is 16.1. The first-order valence-electron chi connectivity index (χ1n) is 9.98. The monoisotopic (exact) mass is 459 g/mol. The zero-order valence-corrected chi connectivity index (χ0v) is 18.2. The van der Waals surface area contributed by atoms with E-state index < -0.39 is 66.7 Å². The molecule has 14 nitrogen and oxygen atoms in total. The van der Waals surface area contributed by atoms with Gasteiger partial charge in [0.1, 0.15) is 12.1 Å². The molecule has 0 aliphatic carbocycles. The molecule has 11 N–H and O–H groups in total. The van der Waals surface area contributed by atoms with Crippen molar-refractivity contribution in [3.63, 3.8) is 0 Å². The third-order valence-electron chi connectivity index (χ3n) is 4.25. The fourth-order valence-electron chi connectivity index (χ4n) is 2.50. The molecule has 14 heteroatoms. The van der Waals surface area contributed by atoms with Crippen molar-refractivity contribution in [2.75, 3.05) is 13.1 Å². The van der Waals surface area contributed by atoms with Crippen molar-refractivity contribution < 1.29 is 34.2 Å². The van der Waals surface area contributed by atoms with E-state index in [4.69, 9.17) is 27.4 Å². The van der Waals surface area contributed by atoms with Crippen molar-refractivity contribution in [3.05, 3.63) is 0 Å². The maximum Gasteiger partial charge on any atom is 0.326 e. The number of aliphatic imine (C=N–C) groups is 1. The third-order valence-corrected chi connectivity index (χ3v) is 4.25. The van der Waals surface area contributed by atoms with E-state index in [0.29, 0.717) is 13.0 Å². The Balaban J connectivity index is 4.70. The molecule has 0 fully saturated rings. The fourth-order valence-corrected chi connectivity index (χ4v) is 2.50. The number of nitrogens with zero attached hydrogens (tertiary/aromatic N) is 1. The number of rotatable bonds is 15. The fraction of sp³-hybridized carbons (Fsp3) is 0.667. The number of amides is 3. The number of aliphatic carboxylic acids is 2. The maximum atomic E-state index is 12.4. The quantitative estimate of drug-likeness (QED) is 0.0702. The molecule has 3 atom stereocenters. The first-order valence-corrected chi connectivity index (χ1v) is 9.98. The summed E-state index contributed by atoms with van der Waals surface area (Å²) < 4.78 is 0. The predicted octanol–water partition coefficient (Wildman–Crippen LogP) is -2.94. The lowest BCUT2D eigenvalue weighted by molar-refractivity contribution is -0.143. The minimum Gasteiger partial charge on any atom is -0.481 e. The third kappa shape index (κ3) is 12.3. The molecule has 3 unspecified atom stereocenters. The molecule has 0 aliphatic rings. The van der Waals surface area contributed by atoms with E-state index in [1.54, 1.807) is 13.8 Å². The Morgan fingerprint density at radius 2 is 1.59 bits per heavy atom. The van der Waals surface area contributed by atoms with Gasteiger partial charge in [0.15, 0.2) is 5.96 Å².